The molecule has 0 aliphatic carbocycles. The maximum atomic E-state index is 5.38. The van der Waals surface area contributed by atoms with Crippen LogP contribution in [-0.4, -0.2) is 28.4 Å². The summed E-state index contributed by atoms with van der Waals surface area (Å²) >= 11 is 0. The van der Waals surface area contributed by atoms with Crippen molar-refractivity contribution in [1.82, 2.24) is 0 Å². The van der Waals surface area contributed by atoms with Crippen molar-refractivity contribution in [3.63, 3.8) is 0 Å². The van der Waals surface area contributed by atoms with Gasteiger partial charge >= 0.3 is 0 Å². The lowest BCUT2D eigenvalue weighted by molar-refractivity contribution is 0.305. The van der Waals surface area contributed by atoms with Crippen molar-refractivity contribution in [1.29, 1.82) is 0 Å². The molecule has 0 aliphatic heterocycles. The number of hydrogen-bond donors (Lipinski definition) is 0. The third-order valence-electron chi connectivity index (χ3n) is 2.14. The minimum atomic E-state index is 0.428. The normalized spacial score (nSPS) is 9.19. The lowest BCUT2D eigenvalue weighted by Gasteiger charge is -2.16. The smallest absolute Gasteiger partial charge is 0.208 e. The van der Waals surface area contributed by atoms with Gasteiger partial charge in [-0.25, -0.2) is 0 Å². The van der Waals surface area contributed by atoms with Crippen LogP contribution in [0.2, 0.25) is 0 Å². The summed E-state index contributed by atoms with van der Waals surface area (Å²) in [5, 5.41) is 0. The highest BCUT2D eigenvalue weighted by molar-refractivity contribution is 5.66. The summed E-state index contributed by atoms with van der Waals surface area (Å²) in [7, 11) is 6.09. The van der Waals surface area contributed by atoms with E-state index in [4.69, 9.17) is 25.4 Å². The van der Waals surface area contributed by atoms with Crippen LogP contribution in [0.5, 0.6) is 23.0 Å². The molecule has 86 valence electrons. The predicted octanol–water partition coefficient (Wildman–Crippen LogP) is 1.70. The molecule has 4 heteroatoms. The summed E-state index contributed by atoms with van der Waals surface area (Å²) in [4.78, 5) is 0. The van der Waals surface area contributed by atoms with Crippen LogP contribution in [0.4, 0.5) is 0 Å². The van der Waals surface area contributed by atoms with E-state index in [0.717, 1.165) is 0 Å². The molecule has 0 saturated heterocycles. The Hall–Kier alpha value is -2.02. The zero-order valence-electron chi connectivity index (χ0n) is 9.79. The Morgan fingerprint density at radius 2 is 1.44 bits per heavy atom. The minimum Gasteiger partial charge on any atom is -0.493 e. The maximum Gasteiger partial charge on any atom is 0.208 e. The second kappa shape index (κ2) is 5.17. The summed E-state index contributed by atoms with van der Waals surface area (Å²) < 4.78 is 20.8. The largest absolute Gasteiger partial charge is 0.493 e. The van der Waals surface area contributed by atoms with Gasteiger partial charge in [0.1, 0.15) is 0 Å². The first kappa shape index (κ1) is 12.1. The summed E-state index contributed by atoms with van der Waals surface area (Å²) in [5.74, 6) is 4.36. The Morgan fingerprint density at radius 1 is 0.875 bits per heavy atom. The lowest BCUT2D eigenvalue weighted by Crippen LogP contribution is -1.99. The summed E-state index contributed by atoms with van der Waals surface area (Å²) in [6, 6.07) is 1.67. The highest BCUT2D eigenvalue weighted by atomic mass is 16.5. The third kappa shape index (κ3) is 1.84. The quantitative estimate of drug-likeness (QED) is 0.727. The van der Waals surface area contributed by atoms with E-state index in [0.29, 0.717) is 28.6 Å². The second-order valence-corrected chi connectivity index (χ2v) is 2.87. The van der Waals surface area contributed by atoms with Gasteiger partial charge in [0.05, 0.1) is 34.0 Å². The fraction of sp³-hybridized carbons (Fsp3) is 0.333. The van der Waals surface area contributed by atoms with Crippen LogP contribution in [0, 0.1) is 12.3 Å². The number of ether oxygens (including phenoxy) is 4. The van der Waals surface area contributed by atoms with Gasteiger partial charge in [-0.1, -0.05) is 5.92 Å². The molecular weight excluding hydrogens is 208 g/mol. The van der Waals surface area contributed by atoms with E-state index in [1.807, 2.05) is 0 Å². The van der Waals surface area contributed by atoms with Gasteiger partial charge in [0.2, 0.25) is 11.5 Å². The molecule has 0 saturated carbocycles. The minimum absolute atomic E-state index is 0.428. The van der Waals surface area contributed by atoms with Gasteiger partial charge in [-0.05, 0) is 0 Å². The highest BCUT2D eigenvalue weighted by Gasteiger charge is 2.20. The topological polar surface area (TPSA) is 36.9 Å². The van der Waals surface area contributed by atoms with Crippen molar-refractivity contribution in [2.75, 3.05) is 28.4 Å². The van der Waals surface area contributed by atoms with Gasteiger partial charge in [-0.15, -0.1) is 6.42 Å². The molecule has 0 heterocycles. The van der Waals surface area contributed by atoms with E-state index in [1.54, 1.807) is 6.07 Å². The van der Waals surface area contributed by atoms with E-state index >= 15 is 0 Å². The van der Waals surface area contributed by atoms with E-state index in [-0.39, 0.29) is 0 Å². The lowest BCUT2D eigenvalue weighted by atomic mass is 10.1. The zero-order chi connectivity index (χ0) is 12.1. The molecule has 0 radical (unpaired) electrons. The molecular formula is C12H14O4. The average Bonchev–Trinajstić information content (AvgIpc) is 2.35. The average molecular weight is 222 g/mol. The summed E-state index contributed by atoms with van der Waals surface area (Å²) in [5.41, 5.74) is 0.553. The summed E-state index contributed by atoms with van der Waals surface area (Å²) in [6.07, 6.45) is 5.38. The van der Waals surface area contributed by atoms with Gasteiger partial charge in [0.25, 0.3) is 0 Å². The van der Waals surface area contributed by atoms with E-state index in [2.05, 4.69) is 5.92 Å². The molecule has 4 nitrogen and oxygen atoms in total. The molecule has 0 amide bonds. The number of methoxy groups -OCH3 is 4. The molecule has 0 aromatic heterocycles. The van der Waals surface area contributed by atoms with Crippen molar-refractivity contribution >= 4 is 0 Å². The Balaban J connectivity index is 3.56. The van der Waals surface area contributed by atoms with E-state index < -0.39 is 0 Å². The first-order valence-corrected chi connectivity index (χ1v) is 4.57. The van der Waals surface area contributed by atoms with Gasteiger partial charge in [0, 0.05) is 6.07 Å². The fourth-order valence-electron chi connectivity index (χ4n) is 1.44. The van der Waals surface area contributed by atoms with Crippen LogP contribution in [0.25, 0.3) is 0 Å². The van der Waals surface area contributed by atoms with Crippen LogP contribution < -0.4 is 18.9 Å². The monoisotopic (exact) mass is 222 g/mol. The number of benzene rings is 1. The first-order chi connectivity index (χ1) is 7.73. The van der Waals surface area contributed by atoms with Crippen molar-refractivity contribution in [2.24, 2.45) is 0 Å². The molecule has 0 N–H and O–H groups in total. The number of hydrogen-bond acceptors (Lipinski definition) is 4. The molecule has 16 heavy (non-hydrogen) atoms. The van der Waals surface area contributed by atoms with Crippen LogP contribution in [-0.2, 0) is 0 Å². The third-order valence-corrected chi connectivity index (χ3v) is 2.14. The van der Waals surface area contributed by atoms with Crippen molar-refractivity contribution in [3.8, 4) is 35.3 Å². The van der Waals surface area contributed by atoms with Crippen LogP contribution in [0.15, 0.2) is 6.07 Å². The van der Waals surface area contributed by atoms with E-state index in [9.17, 15) is 0 Å². The SMILES string of the molecule is C#Cc1cc(OC)c(OC)c(OC)c1OC. The molecule has 1 rings (SSSR count). The van der Waals surface area contributed by atoms with Crippen molar-refractivity contribution < 1.29 is 18.9 Å². The van der Waals surface area contributed by atoms with Crippen LogP contribution in [0.1, 0.15) is 5.56 Å². The molecule has 0 fully saturated rings. The van der Waals surface area contributed by atoms with Crippen LogP contribution >= 0.6 is 0 Å². The standard InChI is InChI=1S/C12H14O4/c1-6-8-7-9(13-2)11(15-4)12(16-5)10(8)14-3/h1,7H,2-5H3. The van der Waals surface area contributed by atoms with Gasteiger partial charge in [0.15, 0.2) is 11.5 Å². The Bertz CT molecular complexity index is 418. The summed E-state index contributed by atoms with van der Waals surface area (Å²) in [6.45, 7) is 0. The highest BCUT2D eigenvalue weighted by Crippen LogP contribution is 2.46. The predicted molar refractivity (Wildman–Crippen MR) is 60.6 cm³/mol. The molecule has 1 aromatic rings. The zero-order valence-corrected chi connectivity index (χ0v) is 9.79. The Kier molecular flexibility index (Phi) is 3.90. The molecule has 0 atom stereocenters. The molecule has 0 bridgehead atoms. The molecule has 0 aliphatic rings. The van der Waals surface area contributed by atoms with Gasteiger partial charge in [-0.2, -0.15) is 0 Å². The van der Waals surface area contributed by atoms with Gasteiger partial charge in [-0.3, -0.25) is 0 Å². The molecule has 0 spiro atoms. The fourth-order valence-corrected chi connectivity index (χ4v) is 1.44. The number of terminal acetylenes is 1. The molecule has 1 aromatic carbocycles. The first-order valence-electron chi connectivity index (χ1n) is 4.57. The molecule has 0 unspecified atom stereocenters. The van der Waals surface area contributed by atoms with Crippen molar-refractivity contribution in [3.05, 3.63) is 11.6 Å². The van der Waals surface area contributed by atoms with Crippen molar-refractivity contribution in [2.45, 2.75) is 0 Å². The number of rotatable bonds is 4. The van der Waals surface area contributed by atoms with E-state index in [1.165, 1.54) is 28.4 Å². The Labute approximate surface area is 95.1 Å². The van der Waals surface area contributed by atoms with Gasteiger partial charge < -0.3 is 18.9 Å². The second-order valence-electron chi connectivity index (χ2n) is 2.87. The van der Waals surface area contributed by atoms with Crippen LogP contribution in [0.3, 0.4) is 0 Å². The Morgan fingerprint density at radius 3 is 1.81 bits per heavy atom. The maximum absolute atomic E-state index is 5.38.